The van der Waals surface area contributed by atoms with Crippen LogP contribution in [-0.2, 0) is 24.3 Å². The second-order valence-electron chi connectivity index (χ2n) is 6.52. The minimum atomic E-state index is -0.0282. The first kappa shape index (κ1) is 16.1. The van der Waals surface area contributed by atoms with E-state index in [1.807, 2.05) is 34.1 Å². The van der Waals surface area contributed by atoms with Gasteiger partial charge in [-0.15, -0.1) is 11.3 Å². The van der Waals surface area contributed by atoms with E-state index in [4.69, 9.17) is 0 Å². The number of carbonyl (C=O) groups is 2. The number of thiophene rings is 1. The Morgan fingerprint density at radius 3 is 2.96 bits per heavy atom. The van der Waals surface area contributed by atoms with Gasteiger partial charge in [0.25, 0.3) is 0 Å². The molecule has 0 spiro atoms. The van der Waals surface area contributed by atoms with Gasteiger partial charge in [0.1, 0.15) is 0 Å². The van der Waals surface area contributed by atoms with Gasteiger partial charge >= 0.3 is 6.03 Å². The van der Waals surface area contributed by atoms with Gasteiger partial charge in [-0.25, -0.2) is 4.79 Å². The summed E-state index contributed by atoms with van der Waals surface area (Å²) in [4.78, 5) is 29.4. The van der Waals surface area contributed by atoms with E-state index in [2.05, 4.69) is 16.8 Å². The summed E-state index contributed by atoms with van der Waals surface area (Å²) < 4.78 is 0. The number of nitrogens with one attached hydrogen (secondary N) is 1. The van der Waals surface area contributed by atoms with E-state index >= 15 is 0 Å². The van der Waals surface area contributed by atoms with E-state index in [1.165, 1.54) is 10.4 Å². The Labute approximate surface area is 151 Å². The van der Waals surface area contributed by atoms with Crippen LogP contribution >= 0.6 is 11.3 Å². The molecule has 130 valence electrons. The first-order chi connectivity index (χ1) is 12.2. The van der Waals surface area contributed by atoms with Crippen LogP contribution < -0.4 is 10.2 Å². The van der Waals surface area contributed by atoms with Crippen LogP contribution in [-0.4, -0.2) is 29.9 Å². The van der Waals surface area contributed by atoms with Gasteiger partial charge < -0.3 is 15.1 Å². The monoisotopic (exact) mass is 355 g/mol. The topological polar surface area (TPSA) is 52.7 Å². The summed E-state index contributed by atoms with van der Waals surface area (Å²) in [6.07, 6.45) is 2.48. The fourth-order valence-corrected chi connectivity index (χ4v) is 4.36. The van der Waals surface area contributed by atoms with Crippen LogP contribution in [0.25, 0.3) is 0 Å². The Kier molecular flexibility index (Phi) is 4.44. The van der Waals surface area contributed by atoms with Crippen LogP contribution in [0.4, 0.5) is 10.5 Å². The van der Waals surface area contributed by atoms with Gasteiger partial charge in [-0.3, -0.25) is 4.79 Å². The number of hydrogen-bond donors (Lipinski definition) is 1. The number of urea groups is 1. The third-order valence-corrected chi connectivity index (χ3v) is 5.86. The normalized spacial score (nSPS) is 16.9. The molecule has 0 unspecified atom stereocenters. The number of benzene rings is 1. The number of hydrogen-bond acceptors (Lipinski definition) is 3. The second-order valence-corrected chi connectivity index (χ2v) is 7.52. The molecule has 1 saturated heterocycles. The predicted octanol–water partition coefficient (Wildman–Crippen LogP) is 3.14. The van der Waals surface area contributed by atoms with E-state index in [-0.39, 0.29) is 11.9 Å². The highest BCUT2D eigenvalue weighted by Crippen LogP contribution is 2.24. The highest BCUT2D eigenvalue weighted by atomic mass is 32.1. The van der Waals surface area contributed by atoms with Crippen molar-refractivity contribution in [1.82, 2.24) is 10.2 Å². The molecular weight excluding hydrogens is 334 g/mol. The van der Waals surface area contributed by atoms with Crippen molar-refractivity contribution in [3.8, 4) is 0 Å². The van der Waals surface area contributed by atoms with Gasteiger partial charge in [0.05, 0.1) is 0 Å². The Balaban J connectivity index is 1.37. The number of rotatable bonds is 3. The molecule has 3 heterocycles. The minimum absolute atomic E-state index is 0.0282. The fraction of sp³-hybridized carbons (Fsp3) is 0.368. The summed E-state index contributed by atoms with van der Waals surface area (Å²) in [5.74, 6) is 0.182. The molecule has 6 heteroatoms. The molecule has 25 heavy (non-hydrogen) atoms. The van der Waals surface area contributed by atoms with Crippen LogP contribution in [0.2, 0.25) is 0 Å². The summed E-state index contributed by atoms with van der Waals surface area (Å²) >= 11 is 1.77. The Hall–Kier alpha value is -2.34. The molecule has 0 bridgehead atoms. The number of nitrogens with zero attached hydrogens (tertiary/aromatic N) is 2. The number of anilines is 1. The molecule has 1 N–H and O–H groups in total. The molecule has 2 aliphatic heterocycles. The lowest BCUT2D eigenvalue weighted by atomic mass is 10.1. The molecule has 0 saturated carbocycles. The van der Waals surface area contributed by atoms with E-state index in [9.17, 15) is 9.59 Å². The summed E-state index contributed by atoms with van der Waals surface area (Å²) in [6, 6.07) is 9.96. The van der Waals surface area contributed by atoms with Gasteiger partial charge in [0.2, 0.25) is 5.91 Å². The van der Waals surface area contributed by atoms with E-state index in [0.717, 1.165) is 37.2 Å². The Bertz CT molecular complexity index is 801. The number of fused-ring (bicyclic) bond motifs is 1. The average molecular weight is 355 g/mol. The van der Waals surface area contributed by atoms with Crippen molar-refractivity contribution in [2.75, 3.05) is 18.0 Å². The summed E-state index contributed by atoms with van der Waals surface area (Å²) in [7, 11) is 0. The quantitative estimate of drug-likeness (QED) is 0.920. The lowest BCUT2D eigenvalue weighted by Crippen LogP contribution is -2.42. The first-order valence-electron chi connectivity index (χ1n) is 8.68. The van der Waals surface area contributed by atoms with Gasteiger partial charge in [-0.1, -0.05) is 12.1 Å². The molecule has 0 aliphatic carbocycles. The molecule has 1 fully saturated rings. The summed E-state index contributed by atoms with van der Waals surface area (Å²) in [6.45, 7) is 2.71. The molecule has 1 aromatic carbocycles. The molecular formula is C19H21N3O2S. The van der Waals surface area contributed by atoms with Gasteiger partial charge in [0, 0.05) is 43.2 Å². The lowest BCUT2D eigenvalue weighted by molar-refractivity contribution is -0.117. The van der Waals surface area contributed by atoms with Crippen LogP contribution in [0.1, 0.15) is 28.8 Å². The molecule has 3 amide bonds. The molecule has 1 aromatic heterocycles. The van der Waals surface area contributed by atoms with Crippen LogP contribution in [0.15, 0.2) is 35.7 Å². The van der Waals surface area contributed by atoms with E-state index < -0.39 is 0 Å². The minimum Gasteiger partial charge on any atom is -0.334 e. The zero-order chi connectivity index (χ0) is 17.2. The Morgan fingerprint density at radius 1 is 1.20 bits per heavy atom. The summed E-state index contributed by atoms with van der Waals surface area (Å²) in [5.41, 5.74) is 3.20. The SMILES string of the molecule is O=C(NCc1cccc(N2CCCC2=O)c1)N1CCc2sccc2C1. The van der Waals surface area contributed by atoms with Crippen molar-refractivity contribution in [3.63, 3.8) is 0 Å². The van der Waals surface area contributed by atoms with Crippen molar-refractivity contribution >= 4 is 29.0 Å². The number of amides is 3. The lowest BCUT2D eigenvalue weighted by Gasteiger charge is -2.27. The molecule has 5 nitrogen and oxygen atoms in total. The van der Waals surface area contributed by atoms with Crippen molar-refractivity contribution in [2.24, 2.45) is 0 Å². The molecule has 4 rings (SSSR count). The standard InChI is InChI=1S/C19H21N3O2S/c23-18-5-2-8-22(18)16-4-1-3-14(11-16)12-20-19(24)21-9-6-17-15(13-21)7-10-25-17/h1,3-4,7,10-11H,2,5-6,8-9,12-13H2,(H,20,24). The molecule has 2 aromatic rings. The maximum absolute atomic E-state index is 12.4. The maximum Gasteiger partial charge on any atom is 0.317 e. The third-order valence-electron chi connectivity index (χ3n) is 4.83. The van der Waals surface area contributed by atoms with Gasteiger partial charge in [-0.05, 0) is 47.5 Å². The fourth-order valence-electron chi connectivity index (χ4n) is 3.47. The third kappa shape index (κ3) is 3.39. The predicted molar refractivity (Wildman–Crippen MR) is 98.7 cm³/mol. The highest BCUT2D eigenvalue weighted by Gasteiger charge is 2.23. The average Bonchev–Trinajstić information content (AvgIpc) is 3.27. The maximum atomic E-state index is 12.4. The smallest absolute Gasteiger partial charge is 0.317 e. The van der Waals surface area contributed by atoms with Crippen molar-refractivity contribution in [2.45, 2.75) is 32.4 Å². The molecule has 0 atom stereocenters. The summed E-state index contributed by atoms with van der Waals surface area (Å²) in [5, 5.41) is 5.10. The van der Waals surface area contributed by atoms with Crippen molar-refractivity contribution < 1.29 is 9.59 Å². The van der Waals surface area contributed by atoms with Crippen molar-refractivity contribution in [3.05, 3.63) is 51.7 Å². The first-order valence-corrected chi connectivity index (χ1v) is 9.56. The zero-order valence-corrected chi connectivity index (χ0v) is 14.8. The van der Waals surface area contributed by atoms with Crippen LogP contribution in [0, 0.1) is 0 Å². The largest absolute Gasteiger partial charge is 0.334 e. The van der Waals surface area contributed by atoms with E-state index in [1.54, 1.807) is 11.3 Å². The van der Waals surface area contributed by atoms with Crippen LogP contribution in [0.5, 0.6) is 0 Å². The van der Waals surface area contributed by atoms with Crippen LogP contribution in [0.3, 0.4) is 0 Å². The second kappa shape index (κ2) is 6.88. The Morgan fingerprint density at radius 2 is 2.12 bits per heavy atom. The molecule has 2 aliphatic rings. The van der Waals surface area contributed by atoms with E-state index in [0.29, 0.717) is 19.5 Å². The van der Waals surface area contributed by atoms with Gasteiger partial charge in [-0.2, -0.15) is 0 Å². The number of carbonyl (C=O) groups excluding carboxylic acids is 2. The highest BCUT2D eigenvalue weighted by molar-refractivity contribution is 7.10. The zero-order valence-electron chi connectivity index (χ0n) is 14.0. The molecule has 0 radical (unpaired) electrons. The van der Waals surface area contributed by atoms with Gasteiger partial charge in [0.15, 0.2) is 0 Å². The van der Waals surface area contributed by atoms with Crippen molar-refractivity contribution in [1.29, 1.82) is 0 Å².